The molecule has 2 aromatic rings. The van der Waals surface area contributed by atoms with Gasteiger partial charge in [-0.1, -0.05) is 31.5 Å². The molecule has 0 saturated carbocycles. The van der Waals surface area contributed by atoms with Crippen molar-refractivity contribution in [2.24, 2.45) is 5.41 Å². The highest BCUT2D eigenvalue weighted by Gasteiger charge is 2.22. The third-order valence-corrected chi connectivity index (χ3v) is 5.51. The molecule has 1 atom stereocenters. The summed E-state index contributed by atoms with van der Waals surface area (Å²) in [6.07, 6.45) is 0.794. The molecular formula is C15H20ClNOS2. The normalized spacial score (nSPS) is 13.6. The summed E-state index contributed by atoms with van der Waals surface area (Å²) in [5.41, 5.74) is 0.0747. The van der Waals surface area contributed by atoms with E-state index in [1.165, 1.54) is 9.75 Å². The molecular weight excluding hydrogens is 310 g/mol. The van der Waals surface area contributed by atoms with E-state index in [0.29, 0.717) is 0 Å². The molecule has 0 saturated heterocycles. The first kappa shape index (κ1) is 16.0. The molecule has 0 aliphatic carbocycles. The first-order valence-corrected chi connectivity index (χ1v) is 8.72. The highest BCUT2D eigenvalue weighted by atomic mass is 35.5. The number of aliphatic hydroxyl groups excluding tert-OH is 1. The van der Waals surface area contributed by atoms with Crippen LogP contribution in [-0.4, -0.2) is 18.3 Å². The maximum Gasteiger partial charge on any atom is 0.0931 e. The van der Waals surface area contributed by atoms with Gasteiger partial charge in [0.15, 0.2) is 0 Å². The lowest BCUT2D eigenvalue weighted by molar-refractivity contribution is 0.205. The molecule has 0 fully saturated rings. The average Bonchev–Trinajstić information content (AvgIpc) is 3.01. The van der Waals surface area contributed by atoms with Gasteiger partial charge in [-0.15, -0.1) is 22.7 Å². The Balaban J connectivity index is 2.12. The third kappa shape index (κ3) is 4.30. The first-order valence-electron chi connectivity index (χ1n) is 6.65. The largest absolute Gasteiger partial charge is 0.396 e. The highest BCUT2D eigenvalue weighted by Crippen LogP contribution is 2.33. The number of rotatable bonds is 7. The zero-order valence-electron chi connectivity index (χ0n) is 11.7. The van der Waals surface area contributed by atoms with Crippen LogP contribution in [0.25, 0.3) is 0 Å². The summed E-state index contributed by atoms with van der Waals surface area (Å²) < 4.78 is 0.818. The van der Waals surface area contributed by atoms with Gasteiger partial charge in [-0.25, -0.2) is 0 Å². The van der Waals surface area contributed by atoms with Crippen molar-refractivity contribution in [1.29, 1.82) is 0 Å². The standard InChI is InChI=1S/C15H20ClNOS2/c1-15(2,7-8-18)10-17-14(11-4-3-9-19-11)12-5-6-13(16)20-12/h3-6,9,14,17-18H,7-8,10H2,1-2H3. The van der Waals surface area contributed by atoms with E-state index in [-0.39, 0.29) is 18.1 Å². The molecule has 0 aliphatic heterocycles. The van der Waals surface area contributed by atoms with Gasteiger partial charge in [0.1, 0.15) is 0 Å². The van der Waals surface area contributed by atoms with Crippen molar-refractivity contribution in [3.8, 4) is 0 Å². The summed E-state index contributed by atoms with van der Waals surface area (Å²) in [7, 11) is 0. The van der Waals surface area contributed by atoms with Crippen molar-refractivity contribution < 1.29 is 5.11 Å². The van der Waals surface area contributed by atoms with E-state index in [9.17, 15) is 0 Å². The molecule has 2 N–H and O–H groups in total. The highest BCUT2D eigenvalue weighted by molar-refractivity contribution is 7.16. The number of nitrogens with one attached hydrogen (secondary N) is 1. The molecule has 1 unspecified atom stereocenters. The third-order valence-electron chi connectivity index (χ3n) is 3.28. The molecule has 110 valence electrons. The van der Waals surface area contributed by atoms with Crippen LogP contribution in [0.4, 0.5) is 0 Å². The van der Waals surface area contributed by atoms with Gasteiger partial charge in [0.2, 0.25) is 0 Å². The van der Waals surface area contributed by atoms with Crippen LogP contribution in [0.2, 0.25) is 4.34 Å². The van der Waals surface area contributed by atoms with Gasteiger partial charge in [0, 0.05) is 22.9 Å². The monoisotopic (exact) mass is 329 g/mol. The minimum atomic E-state index is 0.0747. The van der Waals surface area contributed by atoms with E-state index in [2.05, 4.69) is 42.7 Å². The Morgan fingerprint density at radius 1 is 1.30 bits per heavy atom. The second-order valence-electron chi connectivity index (χ2n) is 5.61. The predicted molar refractivity (Wildman–Crippen MR) is 89.0 cm³/mol. The number of halogens is 1. The van der Waals surface area contributed by atoms with Gasteiger partial charge in [-0.05, 0) is 35.4 Å². The van der Waals surface area contributed by atoms with Gasteiger partial charge < -0.3 is 10.4 Å². The van der Waals surface area contributed by atoms with E-state index in [1.807, 2.05) is 6.07 Å². The molecule has 5 heteroatoms. The first-order chi connectivity index (χ1) is 9.52. The molecule has 0 radical (unpaired) electrons. The average molecular weight is 330 g/mol. The summed E-state index contributed by atoms with van der Waals surface area (Å²) in [5.74, 6) is 0. The molecule has 0 aliphatic rings. The summed E-state index contributed by atoms with van der Waals surface area (Å²) in [6.45, 7) is 5.42. The van der Waals surface area contributed by atoms with Crippen molar-refractivity contribution in [3.63, 3.8) is 0 Å². The topological polar surface area (TPSA) is 32.3 Å². The van der Waals surface area contributed by atoms with E-state index in [0.717, 1.165) is 17.3 Å². The van der Waals surface area contributed by atoms with Crippen molar-refractivity contribution in [2.45, 2.75) is 26.3 Å². The number of hydrogen-bond acceptors (Lipinski definition) is 4. The fourth-order valence-electron chi connectivity index (χ4n) is 2.05. The van der Waals surface area contributed by atoms with Crippen LogP contribution in [0.5, 0.6) is 0 Å². The molecule has 2 rings (SSSR count). The SMILES string of the molecule is CC(C)(CCO)CNC(c1cccs1)c1ccc(Cl)s1. The number of thiophene rings is 2. The summed E-state index contributed by atoms with van der Waals surface area (Å²) in [5, 5.41) is 14.9. The lowest BCUT2D eigenvalue weighted by Gasteiger charge is -2.27. The summed E-state index contributed by atoms with van der Waals surface area (Å²) in [6, 6.07) is 8.44. The van der Waals surface area contributed by atoms with Crippen molar-refractivity contribution in [1.82, 2.24) is 5.32 Å². The van der Waals surface area contributed by atoms with E-state index >= 15 is 0 Å². The van der Waals surface area contributed by atoms with Crippen LogP contribution in [0.1, 0.15) is 36.1 Å². The Bertz CT molecular complexity index is 522. The van der Waals surface area contributed by atoms with Gasteiger partial charge in [0.05, 0.1) is 10.4 Å². The Kier molecular flexibility index (Phi) is 5.64. The van der Waals surface area contributed by atoms with Gasteiger partial charge in [0.25, 0.3) is 0 Å². The smallest absolute Gasteiger partial charge is 0.0931 e. The zero-order valence-corrected chi connectivity index (χ0v) is 14.1. The number of aliphatic hydroxyl groups is 1. The Hall–Kier alpha value is -0.390. The summed E-state index contributed by atoms with van der Waals surface area (Å²) >= 11 is 9.44. The summed E-state index contributed by atoms with van der Waals surface area (Å²) in [4.78, 5) is 2.53. The molecule has 2 heterocycles. The molecule has 0 spiro atoms. The molecule has 2 nitrogen and oxygen atoms in total. The maximum atomic E-state index is 9.13. The molecule has 2 aromatic heterocycles. The van der Waals surface area contributed by atoms with Crippen molar-refractivity contribution in [3.05, 3.63) is 43.7 Å². The second kappa shape index (κ2) is 7.05. The van der Waals surface area contributed by atoms with Crippen molar-refractivity contribution >= 4 is 34.3 Å². The van der Waals surface area contributed by atoms with Crippen LogP contribution in [0.15, 0.2) is 29.6 Å². The fourth-order valence-corrected chi connectivity index (χ4v) is 4.10. The van der Waals surface area contributed by atoms with Crippen LogP contribution >= 0.6 is 34.3 Å². The molecule has 0 amide bonds. The molecule has 20 heavy (non-hydrogen) atoms. The Labute approximate surface area is 133 Å². The van der Waals surface area contributed by atoms with Crippen LogP contribution < -0.4 is 5.32 Å². The quantitative estimate of drug-likeness (QED) is 0.781. The van der Waals surface area contributed by atoms with Crippen molar-refractivity contribution in [2.75, 3.05) is 13.2 Å². The number of hydrogen-bond donors (Lipinski definition) is 2. The minimum absolute atomic E-state index is 0.0747. The second-order valence-corrected chi connectivity index (χ2v) is 8.33. The van der Waals surface area contributed by atoms with E-state index < -0.39 is 0 Å². The lowest BCUT2D eigenvalue weighted by atomic mass is 9.89. The van der Waals surface area contributed by atoms with E-state index in [1.54, 1.807) is 22.7 Å². The van der Waals surface area contributed by atoms with Crippen LogP contribution in [-0.2, 0) is 0 Å². The fraction of sp³-hybridized carbons (Fsp3) is 0.467. The minimum Gasteiger partial charge on any atom is -0.396 e. The zero-order chi connectivity index (χ0) is 14.6. The Morgan fingerprint density at radius 3 is 2.65 bits per heavy atom. The molecule has 0 aromatic carbocycles. The Morgan fingerprint density at radius 2 is 2.10 bits per heavy atom. The lowest BCUT2D eigenvalue weighted by Crippen LogP contribution is -2.33. The van der Waals surface area contributed by atoms with E-state index in [4.69, 9.17) is 16.7 Å². The van der Waals surface area contributed by atoms with Crippen LogP contribution in [0, 0.1) is 5.41 Å². The maximum absolute atomic E-state index is 9.13. The van der Waals surface area contributed by atoms with Gasteiger partial charge in [-0.3, -0.25) is 0 Å². The predicted octanol–water partition coefficient (Wildman–Crippen LogP) is 4.55. The van der Waals surface area contributed by atoms with Gasteiger partial charge >= 0.3 is 0 Å². The van der Waals surface area contributed by atoms with Crippen LogP contribution in [0.3, 0.4) is 0 Å². The van der Waals surface area contributed by atoms with Gasteiger partial charge in [-0.2, -0.15) is 0 Å². The molecule has 0 bridgehead atoms.